The Morgan fingerprint density at radius 3 is 2.74 bits per heavy atom. The number of nitrogens with one attached hydrogen (secondary N) is 1. The van der Waals surface area contributed by atoms with Crippen LogP contribution in [-0.2, 0) is 13.5 Å². The Kier molecular flexibility index (Phi) is 4.52. The Hall–Kier alpha value is -1.01. The number of nitrogen functional groups attached to an aromatic ring is 1. The number of nitrogens with zero attached hydrogens (tertiary/aromatic N) is 2. The van der Waals surface area contributed by atoms with Crippen LogP contribution in [0.15, 0.2) is 15.9 Å². The van der Waals surface area contributed by atoms with Crippen molar-refractivity contribution in [3.05, 3.63) is 26.5 Å². The van der Waals surface area contributed by atoms with Gasteiger partial charge in [-0.15, -0.1) is 11.3 Å². The summed E-state index contributed by atoms with van der Waals surface area (Å²) in [7, 11) is 1.92. The lowest BCUT2D eigenvalue weighted by molar-refractivity contribution is 0.715. The number of nitrogens with two attached hydrogens (primary N) is 1. The van der Waals surface area contributed by atoms with Crippen LogP contribution in [0.2, 0.25) is 0 Å². The second-order valence-electron chi connectivity index (χ2n) is 4.81. The fourth-order valence-electron chi connectivity index (χ4n) is 1.99. The number of aryl methyl sites for hydroxylation is 1. The van der Waals surface area contributed by atoms with E-state index in [2.05, 4.69) is 52.3 Å². The van der Waals surface area contributed by atoms with Gasteiger partial charge in [-0.25, -0.2) is 0 Å². The van der Waals surface area contributed by atoms with E-state index in [1.54, 1.807) is 11.3 Å². The van der Waals surface area contributed by atoms with E-state index in [1.165, 1.54) is 8.66 Å². The molecular weight excluding hydrogens is 324 g/mol. The summed E-state index contributed by atoms with van der Waals surface area (Å²) in [5.74, 6) is 1.26. The Bertz CT molecular complexity index is 559. The van der Waals surface area contributed by atoms with Crippen molar-refractivity contribution in [2.24, 2.45) is 7.05 Å². The first kappa shape index (κ1) is 14.4. The van der Waals surface area contributed by atoms with Gasteiger partial charge in [0.2, 0.25) is 0 Å². The smallest absolute Gasteiger partial charge is 0.147 e. The standard InChI is InChI=1S/C13H19BrN4S/c1-8(2)12-11(15)13(18(3)17-12)16-7-6-9-4-5-10(14)19-9/h4-5,8,16H,6-7,15H2,1-3H3. The molecule has 0 bridgehead atoms. The maximum absolute atomic E-state index is 6.14. The number of rotatable bonds is 5. The third-order valence-electron chi connectivity index (χ3n) is 2.95. The van der Waals surface area contributed by atoms with E-state index in [-0.39, 0.29) is 0 Å². The molecule has 2 rings (SSSR count). The van der Waals surface area contributed by atoms with Gasteiger partial charge in [0.25, 0.3) is 0 Å². The van der Waals surface area contributed by atoms with Crippen LogP contribution >= 0.6 is 27.3 Å². The van der Waals surface area contributed by atoms with Crippen molar-refractivity contribution in [1.29, 1.82) is 0 Å². The molecule has 0 saturated carbocycles. The van der Waals surface area contributed by atoms with Gasteiger partial charge in [-0.05, 0) is 40.4 Å². The van der Waals surface area contributed by atoms with E-state index in [9.17, 15) is 0 Å². The summed E-state index contributed by atoms with van der Waals surface area (Å²) in [6.45, 7) is 5.06. The molecule has 0 fully saturated rings. The lowest BCUT2D eigenvalue weighted by Crippen LogP contribution is -2.09. The highest BCUT2D eigenvalue weighted by atomic mass is 79.9. The highest BCUT2D eigenvalue weighted by Gasteiger charge is 2.15. The van der Waals surface area contributed by atoms with E-state index < -0.39 is 0 Å². The van der Waals surface area contributed by atoms with Crippen LogP contribution in [-0.4, -0.2) is 16.3 Å². The van der Waals surface area contributed by atoms with Gasteiger partial charge in [0.05, 0.1) is 15.2 Å². The second-order valence-corrected chi connectivity index (χ2v) is 7.36. The monoisotopic (exact) mass is 342 g/mol. The van der Waals surface area contributed by atoms with Crippen molar-refractivity contribution < 1.29 is 0 Å². The van der Waals surface area contributed by atoms with Crippen LogP contribution in [0.3, 0.4) is 0 Å². The van der Waals surface area contributed by atoms with E-state index in [4.69, 9.17) is 5.73 Å². The predicted molar refractivity (Wildman–Crippen MR) is 85.9 cm³/mol. The molecule has 6 heteroatoms. The maximum atomic E-state index is 6.14. The van der Waals surface area contributed by atoms with E-state index in [1.807, 2.05) is 11.7 Å². The Morgan fingerprint density at radius 2 is 2.21 bits per heavy atom. The molecule has 0 aliphatic rings. The van der Waals surface area contributed by atoms with Crippen molar-refractivity contribution in [2.75, 3.05) is 17.6 Å². The second kappa shape index (κ2) is 5.96. The summed E-state index contributed by atoms with van der Waals surface area (Å²) in [4.78, 5) is 1.35. The number of anilines is 2. The molecule has 0 spiro atoms. The van der Waals surface area contributed by atoms with Crippen LogP contribution in [0.4, 0.5) is 11.5 Å². The van der Waals surface area contributed by atoms with Crippen molar-refractivity contribution in [2.45, 2.75) is 26.2 Å². The van der Waals surface area contributed by atoms with Crippen LogP contribution < -0.4 is 11.1 Å². The first-order chi connectivity index (χ1) is 8.99. The lowest BCUT2D eigenvalue weighted by Gasteiger charge is -2.07. The molecule has 2 aromatic heterocycles. The summed E-state index contributed by atoms with van der Waals surface area (Å²) in [6.07, 6.45) is 0.984. The minimum absolute atomic E-state index is 0.343. The molecule has 2 heterocycles. The van der Waals surface area contributed by atoms with Crippen LogP contribution in [0.25, 0.3) is 0 Å². The average molecular weight is 343 g/mol. The molecule has 2 aromatic rings. The van der Waals surface area contributed by atoms with Gasteiger partial charge >= 0.3 is 0 Å². The van der Waals surface area contributed by atoms with Crippen molar-refractivity contribution in [1.82, 2.24) is 9.78 Å². The quantitative estimate of drug-likeness (QED) is 0.872. The lowest BCUT2D eigenvalue weighted by atomic mass is 10.1. The molecule has 0 amide bonds. The van der Waals surface area contributed by atoms with Crippen molar-refractivity contribution in [3.63, 3.8) is 0 Å². The molecule has 0 aliphatic carbocycles. The average Bonchev–Trinajstić information content (AvgIpc) is 2.87. The molecule has 4 nitrogen and oxygen atoms in total. The molecule has 0 aliphatic heterocycles. The van der Waals surface area contributed by atoms with E-state index in [0.717, 1.165) is 30.2 Å². The highest BCUT2D eigenvalue weighted by Crippen LogP contribution is 2.28. The first-order valence-electron chi connectivity index (χ1n) is 6.29. The Labute approximate surface area is 126 Å². The fourth-order valence-corrected chi connectivity index (χ4v) is 3.47. The summed E-state index contributed by atoms with van der Waals surface area (Å²) in [6, 6.07) is 4.22. The molecule has 0 atom stereocenters. The SMILES string of the molecule is CC(C)c1nn(C)c(NCCc2ccc(Br)s2)c1N. The predicted octanol–water partition coefficient (Wildman–Crippen LogP) is 3.60. The van der Waals surface area contributed by atoms with Gasteiger partial charge in [0.1, 0.15) is 5.82 Å². The first-order valence-corrected chi connectivity index (χ1v) is 7.90. The third kappa shape index (κ3) is 3.30. The zero-order valence-electron chi connectivity index (χ0n) is 11.4. The molecule has 0 saturated heterocycles. The zero-order chi connectivity index (χ0) is 14.0. The normalized spacial score (nSPS) is 11.2. The molecule has 104 valence electrons. The minimum atomic E-state index is 0.343. The van der Waals surface area contributed by atoms with Gasteiger partial charge < -0.3 is 11.1 Å². The summed E-state index contributed by atoms with van der Waals surface area (Å²) < 4.78 is 3.00. The molecule has 19 heavy (non-hydrogen) atoms. The van der Waals surface area contributed by atoms with Crippen LogP contribution in [0.5, 0.6) is 0 Å². The maximum Gasteiger partial charge on any atom is 0.147 e. The van der Waals surface area contributed by atoms with Crippen LogP contribution in [0.1, 0.15) is 30.3 Å². The third-order valence-corrected chi connectivity index (χ3v) is 4.64. The molecular formula is C13H19BrN4S. The molecule has 0 aromatic carbocycles. The van der Waals surface area contributed by atoms with Gasteiger partial charge in [-0.3, -0.25) is 4.68 Å². The van der Waals surface area contributed by atoms with E-state index >= 15 is 0 Å². The van der Waals surface area contributed by atoms with Crippen molar-refractivity contribution >= 4 is 38.8 Å². The Morgan fingerprint density at radius 1 is 1.47 bits per heavy atom. The number of halogens is 1. The molecule has 0 radical (unpaired) electrons. The summed E-state index contributed by atoms with van der Waals surface area (Å²) in [5, 5.41) is 7.84. The topological polar surface area (TPSA) is 55.9 Å². The van der Waals surface area contributed by atoms with E-state index in [0.29, 0.717) is 5.92 Å². The molecule has 3 N–H and O–H groups in total. The summed E-state index contributed by atoms with van der Waals surface area (Å²) >= 11 is 5.24. The van der Waals surface area contributed by atoms with Crippen molar-refractivity contribution in [3.8, 4) is 0 Å². The molecule has 0 unspecified atom stereocenters. The van der Waals surface area contributed by atoms with Crippen LogP contribution in [0, 0.1) is 0 Å². The van der Waals surface area contributed by atoms with Gasteiger partial charge in [0.15, 0.2) is 0 Å². The zero-order valence-corrected chi connectivity index (χ0v) is 13.8. The minimum Gasteiger partial charge on any atom is -0.394 e. The van der Waals surface area contributed by atoms with Gasteiger partial charge in [0, 0.05) is 18.5 Å². The van der Waals surface area contributed by atoms with Gasteiger partial charge in [-0.2, -0.15) is 5.10 Å². The number of hydrogen-bond donors (Lipinski definition) is 2. The number of aromatic nitrogens is 2. The fraction of sp³-hybridized carbons (Fsp3) is 0.462. The number of hydrogen-bond acceptors (Lipinski definition) is 4. The largest absolute Gasteiger partial charge is 0.394 e. The highest BCUT2D eigenvalue weighted by molar-refractivity contribution is 9.11. The summed E-state index contributed by atoms with van der Waals surface area (Å²) in [5.41, 5.74) is 7.87. The van der Waals surface area contributed by atoms with Gasteiger partial charge in [-0.1, -0.05) is 13.8 Å². The number of thiophene rings is 1. The Balaban J connectivity index is 2.00.